The van der Waals surface area contributed by atoms with Gasteiger partial charge in [-0.05, 0) is 39.2 Å². The van der Waals surface area contributed by atoms with E-state index < -0.39 is 0 Å². The van der Waals surface area contributed by atoms with Gasteiger partial charge in [0.2, 0.25) is 0 Å². The van der Waals surface area contributed by atoms with Crippen LogP contribution < -0.4 is 0 Å². The normalized spacial score (nSPS) is 20.3. The van der Waals surface area contributed by atoms with Gasteiger partial charge in [0.05, 0.1) is 6.42 Å². The van der Waals surface area contributed by atoms with Crippen LogP contribution in [-0.4, -0.2) is 12.6 Å². The van der Waals surface area contributed by atoms with Gasteiger partial charge in [0.25, 0.3) is 0 Å². The summed E-state index contributed by atoms with van der Waals surface area (Å²) in [7, 11) is 0. The number of cyclic esters (lactones) is 1. The van der Waals surface area contributed by atoms with Crippen LogP contribution in [-0.2, 0) is 9.53 Å². The molecule has 78 valence electrons. The largest absolute Gasteiger partial charge is 0.461 e. The van der Waals surface area contributed by atoms with Crippen LogP contribution in [0, 0.1) is 0 Å². The molecule has 1 heterocycles. The second kappa shape index (κ2) is 5.63. The number of carbonyl (C=O) groups is 1. The highest BCUT2D eigenvalue weighted by atomic mass is 16.5. The summed E-state index contributed by atoms with van der Waals surface area (Å²) < 4.78 is 5.03. The van der Waals surface area contributed by atoms with E-state index in [0.717, 1.165) is 12.8 Å². The van der Waals surface area contributed by atoms with Crippen molar-refractivity contribution in [2.75, 3.05) is 6.61 Å². The van der Waals surface area contributed by atoms with Crippen LogP contribution in [0.2, 0.25) is 0 Å². The summed E-state index contributed by atoms with van der Waals surface area (Å²) in [6.45, 7) is 4.59. The average Bonchev–Trinajstić information content (AvgIpc) is 2.16. The highest BCUT2D eigenvalue weighted by Gasteiger charge is 2.02. The highest BCUT2D eigenvalue weighted by molar-refractivity contribution is 5.71. The molecular weight excluding hydrogens is 176 g/mol. The fourth-order valence-electron chi connectivity index (χ4n) is 1.44. The fraction of sp³-hybridized carbons (Fsp3) is 0.583. The second-order valence-electron chi connectivity index (χ2n) is 3.84. The van der Waals surface area contributed by atoms with E-state index >= 15 is 0 Å². The highest BCUT2D eigenvalue weighted by Crippen LogP contribution is 2.13. The molecule has 2 heteroatoms. The van der Waals surface area contributed by atoms with E-state index in [1.54, 1.807) is 0 Å². The molecule has 0 atom stereocenters. The van der Waals surface area contributed by atoms with Crippen LogP contribution in [0.15, 0.2) is 23.3 Å². The molecule has 2 nitrogen and oxygen atoms in total. The van der Waals surface area contributed by atoms with E-state index in [0.29, 0.717) is 13.0 Å². The van der Waals surface area contributed by atoms with E-state index in [1.165, 1.54) is 17.6 Å². The Morgan fingerprint density at radius 3 is 2.50 bits per heavy atom. The van der Waals surface area contributed by atoms with Crippen molar-refractivity contribution in [3.8, 4) is 0 Å². The van der Waals surface area contributed by atoms with Crippen LogP contribution >= 0.6 is 0 Å². The van der Waals surface area contributed by atoms with Crippen molar-refractivity contribution < 1.29 is 9.53 Å². The summed E-state index contributed by atoms with van der Waals surface area (Å²) in [5.41, 5.74) is 2.60. The molecule has 0 bridgehead atoms. The van der Waals surface area contributed by atoms with Crippen molar-refractivity contribution in [3.05, 3.63) is 23.3 Å². The lowest BCUT2D eigenvalue weighted by atomic mass is 10.1. The minimum Gasteiger partial charge on any atom is -0.461 e. The lowest BCUT2D eigenvalue weighted by Crippen LogP contribution is -2.02. The number of ether oxygens (including phenoxy) is 1. The van der Waals surface area contributed by atoms with Gasteiger partial charge in [-0.25, -0.2) is 0 Å². The molecule has 0 saturated heterocycles. The van der Waals surface area contributed by atoms with Crippen molar-refractivity contribution in [2.24, 2.45) is 0 Å². The van der Waals surface area contributed by atoms with Crippen molar-refractivity contribution in [1.29, 1.82) is 0 Å². The van der Waals surface area contributed by atoms with Gasteiger partial charge in [0.15, 0.2) is 0 Å². The van der Waals surface area contributed by atoms with Crippen molar-refractivity contribution >= 4 is 5.97 Å². The minimum absolute atomic E-state index is 0.129. The lowest BCUT2D eigenvalue weighted by molar-refractivity contribution is -0.141. The van der Waals surface area contributed by atoms with Gasteiger partial charge < -0.3 is 4.74 Å². The molecule has 0 fully saturated rings. The van der Waals surface area contributed by atoms with Crippen LogP contribution in [0.5, 0.6) is 0 Å². The van der Waals surface area contributed by atoms with Crippen LogP contribution in [0.4, 0.5) is 0 Å². The molecule has 0 N–H and O–H groups in total. The SMILES string of the molecule is CC1=CCOC(=O)CC=C(C)CCC1. The first-order valence-corrected chi connectivity index (χ1v) is 5.15. The number of carbonyl (C=O) groups excluding carboxylic acids is 1. The van der Waals surface area contributed by atoms with Crippen LogP contribution in [0.25, 0.3) is 0 Å². The number of esters is 1. The summed E-state index contributed by atoms with van der Waals surface area (Å²) in [4.78, 5) is 11.2. The van der Waals surface area contributed by atoms with E-state index in [2.05, 4.69) is 13.8 Å². The summed E-state index contributed by atoms with van der Waals surface area (Å²) in [5, 5.41) is 0. The Morgan fingerprint density at radius 1 is 1.14 bits per heavy atom. The number of hydrogen-bond donors (Lipinski definition) is 0. The van der Waals surface area contributed by atoms with Gasteiger partial charge in [-0.2, -0.15) is 0 Å². The first kappa shape index (κ1) is 11.0. The van der Waals surface area contributed by atoms with Crippen molar-refractivity contribution in [3.63, 3.8) is 0 Å². The van der Waals surface area contributed by atoms with Gasteiger partial charge in [-0.15, -0.1) is 0 Å². The molecule has 0 aromatic carbocycles. The van der Waals surface area contributed by atoms with E-state index in [4.69, 9.17) is 4.74 Å². The third-order valence-electron chi connectivity index (χ3n) is 2.44. The summed E-state index contributed by atoms with van der Waals surface area (Å²) in [5.74, 6) is -0.129. The molecule has 0 radical (unpaired) electrons. The first-order valence-electron chi connectivity index (χ1n) is 5.15. The van der Waals surface area contributed by atoms with Crippen molar-refractivity contribution in [1.82, 2.24) is 0 Å². The van der Waals surface area contributed by atoms with Gasteiger partial charge in [0.1, 0.15) is 6.61 Å². The molecule has 1 aliphatic heterocycles. The Labute approximate surface area is 85.6 Å². The van der Waals surface area contributed by atoms with E-state index in [9.17, 15) is 4.79 Å². The standard InChI is InChI=1S/C12H18O2/c1-10-4-3-5-11(2)8-9-14-12(13)7-6-10/h6,8H,3-5,7,9H2,1-2H3. The predicted octanol–water partition coefficient (Wildman–Crippen LogP) is 3.00. The maximum Gasteiger partial charge on any atom is 0.309 e. The molecule has 14 heavy (non-hydrogen) atoms. The zero-order valence-corrected chi connectivity index (χ0v) is 9.01. The molecule has 0 aliphatic carbocycles. The summed E-state index contributed by atoms with van der Waals surface area (Å²) in [6.07, 6.45) is 7.74. The Bertz CT molecular complexity index is 261. The molecule has 0 aromatic heterocycles. The Balaban J connectivity index is 2.58. The third kappa shape index (κ3) is 4.26. The quantitative estimate of drug-likeness (QED) is 0.437. The van der Waals surface area contributed by atoms with Crippen LogP contribution in [0.1, 0.15) is 39.5 Å². The zero-order valence-electron chi connectivity index (χ0n) is 9.01. The average molecular weight is 194 g/mol. The van der Waals surface area contributed by atoms with Gasteiger partial charge in [-0.1, -0.05) is 17.2 Å². The summed E-state index contributed by atoms with van der Waals surface area (Å²) >= 11 is 0. The topological polar surface area (TPSA) is 26.3 Å². The van der Waals surface area contributed by atoms with E-state index in [1.807, 2.05) is 12.2 Å². The second-order valence-corrected chi connectivity index (χ2v) is 3.84. The van der Waals surface area contributed by atoms with Crippen LogP contribution in [0.3, 0.4) is 0 Å². The maximum atomic E-state index is 11.2. The Morgan fingerprint density at radius 2 is 1.79 bits per heavy atom. The van der Waals surface area contributed by atoms with Gasteiger partial charge >= 0.3 is 5.97 Å². The maximum absolute atomic E-state index is 11.2. The molecule has 0 spiro atoms. The van der Waals surface area contributed by atoms with E-state index in [-0.39, 0.29) is 5.97 Å². The zero-order chi connectivity index (χ0) is 10.4. The Hall–Kier alpha value is -1.05. The molecule has 0 aromatic rings. The number of hydrogen-bond acceptors (Lipinski definition) is 2. The third-order valence-corrected chi connectivity index (χ3v) is 2.44. The number of rotatable bonds is 0. The van der Waals surface area contributed by atoms with Crippen molar-refractivity contribution in [2.45, 2.75) is 39.5 Å². The molecular formula is C12H18O2. The monoisotopic (exact) mass is 194 g/mol. The predicted molar refractivity (Wildman–Crippen MR) is 56.9 cm³/mol. The molecule has 0 amide bonds. The number of allylic oxidation sites excluding steroid dienone is 2. The molecule has 1 rings (SSSR count). The Kier molecular flexibility index (Phi) is 4.44. The molecule has 0 saturated carbocycles. The fourth-order valence-corrected chi connectivity index (χ4v) is 1.44. The minimum atomic E-state index is -0.129. The van der Waals surface area contributed by atoms with Gasteiger partial charge in [-0.3, -0.25) is 4.79 Å². The van der Waals surface area contributed by atoms with Gasteiger partial charge in [0, 0.05) is 0 Å². The molecule has 1 aliphatic rings. The smallest absolute Gasteiger partial charge is 0.309 e. The lowest BCUT2D eigenvalue weighted by Gasteiger charge is -2.01. The summed E-state index contributed by atoms with van der Waals surface area (Å²) in [6, 6.07) is 0. The first-order chi connectivity index (χ1) is 6.68. The molecule has 0 unspecified atom stereocenters.